The summed E-state index contributed by atoms with van der Waals surface area (Å²) in [6.07, 6.45) is 0. The van der Waals surface area contributed by atoms with E-state index in [1.807, 2.05) is 37.3 Å². The van der Waals surface area contributed by atoms with Crippen molar-refractivity contribution in [3.63, 3.8) is 0 Å². The summed E-state index contributed by atoms with van der Waals surface area (Å²) < 4.78 is 0. The molecule has 2 rings (SSSR count). The van der Waals surface area contributed by atoms with Gasteiger partial charge in [-0.25, -0.2) is 4.98 Å². The number of halogens is 1. The maximum Gasteiger partial charge on any atom is 0.107 e. The lowest BCUT2D eigenvalue weighted by Crippen LogP contribution is -2.18. The van der Waals surface area contributed by atoms with Crippen LogP contribution in [0, 0.1) is 6.92 Å². The molecule has 0 amide bonds. The van der Waals surface area contributed by atoms with E-state index in [0.29, 0.717) is 0 Å². The van der Waals surface area contributed by atoms with Gasteiger partial charge in [-0.3, -0.25) is 0 Å². The fraction of sp³-hybridized carbons (Fsp3) is 0.308. The van der Waals surface area contributed by atoms with Gasteiger partial charge in [0.25, 0.3) is 0 Å². The lowest BCUT2D eigenvalue weighted by Gasteiger charge is -2.10. The molecule has 1 heterocycles. The number of rotatable bonds is 5. The minimum absolute atomic E-state index is 0.0114. The van der Waals surface area contributed by atoms with E-state index in [1.54, 1.807) is 11.3 Å². The van der Waals surface area contributed by atoms with Gasteiger partial charge in [0.15, 0.2) is 0 Å². The average molecular weight is 267 g/mol. The summed E-state index contributed by atoms with van der Waals surface area (Å²) in [6.45, 7) is 3.55. The van der Waals surface area contributed by atoms with Crippen LogP contribution in [0.25, 0.3) is 0 Å². The van der Waals surface area contributed by atoms with Crippen LogP contribution in [0.2, 0.25) is 0 Å². The number of nitrogens with one attached hydrogen (secondary N) is 1. The highest BCUT2D eigenvalue weighted by atomic mass is 35.5. The lowest BCUT2D eigenvalue weighted by molar-refractivity contribution is 0.671. The number of nitrogens with zero attached hydrogens (tertiary/aromatic N) is 1. The summed E-state index contributed by atoms with van der Waals surface area (Å²) in [7, 11) is 0. The summed E-state index contributed by atoms with van der Waals surface area (Å²) in [6, 6.07) is 10.1. The molecular formula is C13H15ClN2S. The van der Waals surface area contributed by atoms with Crippen molar-refractivity contribution in [3.05, 3.63) is 52.0 Å². The molecule has 0 saturated carbocycles. The van der Waals surface area contributed by atoms with Gasteiger partial charge in [0.05, 0.1) is 5.38 Å². The zero-order chi connectivity index (χ0) is 12.1. The normalized spacial score (nSPS) is 12.6. The Bertz CT molecular complexity index is 455. The summed E-state index contributed by atoms with van der Waals surface area (Å²) in [5.74, 6) is 0. The number of benzene rings is 1. The van der Waals surface area contributed by atoms with Gasteiger partial charge in [-0.05, 0) is 12.5 Å². The van der Waals surface area contributed by atoms with Crippen LogP contribution < -0.4 is 5.32 Å². The zero-order valence-electron chi connectivity index (χ0n) is 9.69. The standard InChI is InChI=1S/C13H15ClN2S/c1-10-9-17-13(16-10)8-15-7-12(14)11-5-3-2-4-6-11/h2-6,9,12,15H,7-8H2,1H3. The highest BCUT2D eigenvalue weighted by molar-refractivity contribution is 7.09. The molecule has 17 heavy (non-hydrogen) atoms. The highest BCUT2D eigenvalue weighted by Crippen LogP contribution is 2.18. The molecule has 90 valence electrons. The summed E-state index contributed by atoms with van der Waals surface area (Å²) >= 11 is 7.98. The largest absolute Gasteiger partial charge is 0.309 e. The Kier molecular flexibility index (Phi) is 4.54. The van der Waals surface area contributed by atoms with E-state index in [4.69, 9.17) is 11.6 Å². The first-order chi connectivity index (χ1) is 8.25. The summed E-state index contributed by atoms with van der Waals surface area (Å²) in [4.78, 5) is 4.39. The van der Waals surface area contributed by atoms with Gasteiger partial charge < -0.3 is 5.32 Å². The van der Waals surface area contributed by atoms with Gasteiger partial charge in [-0.15, -0.1) is 22.9 Å². The number of thiazole rings is 1. The maximum atomic E-state index is 6.30. The molecule has 0 bridgehead atoms. The van der Waals surface area contributed by atoms with Crippen molar-refractivity contribution in [1.82, 2.24) is 10.3 Å². The Labute approximate surface area is 111 Å². The zero-order valence-corrected chi connectivity index (χ0v) is 11.3. The molecule has 1 N–H and O–H groups in total. The molecule has 2 aromatic rings. The number of aromatic nitrogens is 1. The smallest absolute Gasteiger partial charge is 0.107 e. The first kappa shape index (κ1) is 12.6. The Morgan fingerprint density at radius 1 is 1.35 bits per heavy atom. The molecule has 1 unspecified atom stereocenters. The molecule has 1 aromatic heterocycles. The molecular weight excluding hydrogens is 252 g/mol. The Morgan fingerprint density at radius 2 is 2.12 bits per heavy atom. The Balaban J connectivity index is 1.79. The van der Waals surface area contributed by atoms with Crippen LogP contribution in [-0.4, -0.2) is 11.5 Å². The Hall–Kier alpha value is -0.900. The third-order valence-corrected chi connectivity index (χ3v) is 3.80. The number of aryl methyl sites for hydroxylation is 1. The molecule has 1 aromatic carbocycles. The van der Waals surface area contributed by atoms with Gasteiger partial charge in [0.2, 0.25) is 0 Å². The molecule has 0 aliphatic rings. The van der Waals surface area contributed by atoms with Crippen molar-refractivity contribution in [2.75, 3.05) is 6.54 Å². The molecule has 1 atom stereocenters. The van der Waals surface area contributed by atoms with Crippen LogP contribution in [0.4, 0.5) is 0 Å². The van der Waals surface area contributed by atoms with Crippen LogP contribution in [0.3, 0.4) is 0 Å². The van der Waals surface area contributed by atoms with E-state index in [1.165, 1.54) is 0 Å². The van der Waals surface area contributed by atoms with E-state index in [9.17, 15) is 0 Å². The van der Waals surface area contributed by atoms with Crippen molar-refractivity contribution in [1.29, 1.82) is 0 Å². The van der Waals surface area contributed by atoms with Crippen LogP contribution in [-0.2, 0) is 6.54 Å². The minimum Gasteiger partial charge on any atom is -0.309 e. The molecule has 0 saturated heterocycles. The molecule has 0 radical (unpaired) electrons. The quantitative estimate of drug-likeness (QED) is 0.838. The van der Waals surface area contributed by atoms with Crippen LogP contribution in [0.1, 0.15) is 21.6 Å². The molecule has 0 aliphatic carbocycles. The van der Waals surface area contributed by atoms with Gasteiger partial charge in [-0.2, -0.15) is 0 Å². The third kappa shape index (κ3) is 3.80. The topological polar surface area (TPSA) is 24.9 Å². The second-order valence-corrected chi connectivity index (χ2v) is 5.36. The molecule has 0 spiro atoms. The maximum absolute atomic E-state index is 6.30. The second-order valence-electron chi connectivity index (χ2n) is 3.89. The third-order valence-electron chi connectivity index (χ3n) is 2.43. The first-order valence-corrected chi connectivity index (χ1v) is 6.88. The number of hydrogen-bond acceptors (Lipinski definition) is 3. The lowest BCUT2D eigenvalue weighted by atomic mass is 10.1. The predicted octanol–water partition coefficient (Wildman–Crippen LogP) is 3.52. The molecule has 2 nitrogen and oxygen atoms in total. The molecule has 0 aliphatic heterocycles. The average Bonchev–Trinajstić information content (AvgIpc) is 2.76. The van der Waals surface area contributed by atoms with Crippen molar-refractivity contribution in [2.45, 2.75) is 18.8 Å². The van der Waals surface area contributed by atoms with Crippen molar-refractivity contribution >= 4 is 22.9 Å². The molecule has 4 heteroatoms. The van der Waals surface area contributed by atoms with Crippen molar-refractivity contribution in [2.24, 2.45) is 0 Å². The first-order valence-electron chi connectivity index (χ1n) is 5.56. The Morgan fingerprint density at radius 3 is 2.76 bits per heavy atom. The van der Waals surface area contributed by atoms with E-state index >= 15 is 0 Å². The number of hydrogen-bond donors (Lipinski definition) is 1. The highest BCUT2D eigenvalue weighted by Gasteiger charge is 2.06. The molecule has 0 fully saturated rings. The fourth-order valence-electron chi connectivity index (χ4n) is 1.57. The van der Waals surface area contributed by atoms with Crippen LogP contribution >= 0.6 is 22.9 Å². The predicted molar refractivity (Wildman–Crippen MR) is 73.6 cm³/mol. The van der Waals surface area contributed by atoms with Gasteiger partial charge in [0.1, 0.15) is 5.01 Å². The monoisotopic (exact) mass is 266 g/mol. The fourth-order valence-corrected chi connectivity index (χ4v) is 2.57. The number of alkyl halides is 1. The SMILES string of the molecule is Cc1csc(CNCC(Cl)c2ccccc2)n1. The van der Waals surface area contributed by atoms with Crippen LogP contribution in [0.5, 0.6) is 0 Å². The van der Waals surface area contributed by atoms with E-state index in [0.717, 1.165) is 29.4 Å². The van der Waals surface area contributed by atoms with E-state index in [-0.39, 0.29) is 5.38 Å². The van der Waals surface area contributed by atoms with Crippen LogP contribution in [0.15, 0.2) is 35.7 Å². The summed E-state index contributed by atoms with van der Waals surface area (Å²) in [5.41, 5.74) is 2.23. The second kappa shape index (κ2) is 6.15. The van der Waals surface area contributed by atoms with Crippen molar-refractivity contribution < 1.29 is 0 Å². The summed E-state index contributed by atoms with van der Waals surface area (Å²) in [5, 5.41) is 6.51. The van der Waals surface area contributed by atoms with Gasteiger partial charge in [-0.1, -0.05) is 30.3 Å². The van der Waals surface area contributed by atoms with E-state index in [2.05, 4.69) is 15.7 Å². The van der Waals surface area contributed by atoms with Crippen molar-refractivity contribution in [3.8, 4) is 0 Å². The van der Waals surface area contributed by atoms with Gasteiger partial charge in [0, 0.05) is 24.2 Å². The van der Waals surface area contributed by atoms with Gasteiger partial charge >= 0.3 is 0 Å². The minimum atomic E-state index is 0.0114. The van der Waals surface area contributed by atoms with E-state index < -0.39 is 0 Å².